The number of ether oxygens (including phenoxy) is 1. The number of aromatic nitrogens is 1. The third kappa shape index (κ3) is 3.62. The third-order valence-corrected chi connectivity index (χ3v) is 3.60. The second kappa shape index (κ2) is 6.81. The normalized spacial score (nSPS) is 11.2. The Morgan fingerprint density at radius 2 is 1.96 bits per heavy atom. The molecule has 0 bridgehead atoms. The van der Waals surface area contributed by atoms with Gasteiger partial charge in [0.25, 0.3) is 0 Å². The van der Waals surface area contributed by atoms with Crippen molar-refractivity contribution in [3.8, 4) is 17.6 Å². The smallest absolute Gasteiger partial charge is 0.349 e. The summed E-state index contributed by atoms with van der Waals surface area (Å²) in [6, 6.07) is 15.3. The van der Waals surface area contributed by atoms with E-state index in [0.29, 0.717) is 11.3 Å². The molecule has 0 spiro atoms. The fourth-order valence-electron chi connectivity index (χ4n) is 2.37. The van der Waals surface area contributed by atoms with Crippen molar-refractivity contribution in [2.75, 3.05) is 0 Å². The number of nitrogens with zero attached hydrogens (tertiary/aromatic N) is 1. The molecule has 6 nitrogen and oxygen atoms in total. The highest BCUT2D eigenvalue weighted by atomic mass is 16.5. The maximum Gasteiger partial charge on any atom is 0.349 e. The minimum Gasteiger partial charge on any atom is -0.504 e. The zero-order valence-corrected chi connectivity index (χ0v) is 13.1. The van der Waals surface area contributed by atoms with Crippen molar-refractivity contribution < 1.29 is 19.7 Å². The fourth-order valence-corrected chi connectivity index (χ4v) is 2.37. The lowest BCUT2D eigenvalue weighted by Gasteiger charge is -2.03. The molecule has 1 heterocycles. The van der Waals surface area contributed by atoms with Crippen LogP contribution in [0.2, 0.25) is 0 Å². The number of esters is 1. The van der Waals surface area contributed by atoms with E-state index >= 15 is 0 Å². The molecule has 3 N–H and O–H groups in total. The second-order valence-electron chi connectivity index (χ2n) is 5.38. The molecule has 3 rings (SSSR count). The number of para-hydroxylation sites is 1. The van der Waals surface area contributed by atoms with Crippen molar-refractivity contribution in [3.05, 3.63) is 65.4 Å². The number of carbonyl (C=O) groups is 1. The van der Waals surface area contributed by atoms with Crippen LogP contribution in [0.5, 0.6) is 11.5 Å². The number of hydrogen-bond acceptors (Lipinski definition) is 5. The maximum atomic E-state index is 12.1. The lowest BCUT2D eigenvalue weighted by Crippen LogP contribution is -2.07. The zero-order valence-electron chi connectivity index (χ0n) is 13.1. The minimum absolute atomic E-state index is 0.00730. The van der Waals surface area contributed by atoms with E-state index in [4.69, 9.17) is 10.00 Å². The molecule has 0 aliphatic rings. The van der Waals surface area contributed by atoms with Gasteiger partial charge in [0, 0.05) is 5.52 Å². The number of hydrogen-bond donors (Lipinski definition) is 3. The van der Waals surface area contributed by atoms with Crippen LogP contribution in [-0.4, -0.2) is 21.2 Å². The molecule has 0 aliphatic carbocycles. The van der Waals surface area contributed by atoms with Gasteiger partial charge >= 0.3 is 5.97 Å². The summed E-state index contributed by atoms with van der Waals surface area (Å²) in [5.74, 6) is -1.39. The van der Waals surface area contributed by atoms with Crippen molar-refractivity contribution in [2.45, 2.75) is 6.61 Å². The summed E-state index contributed by atoms with van der Waals surface area (Å²) < 4.78 is 5.16. The lowest BCUT2D eigenvalue weighted by molar-refractivity contribution is -0.139. The minimum atomic E-state index is -0.770. The molecule has 0 saturated carbocycles. The predicted molar refractivity (Wildman–Crippen MR) is 91.5 cm³/mol. The number of aromatic amines is 1. The Labute approximate surface area is 143 Å². The Kier molecular flexibility index (Phi) is 4.40. The predicted octanol–water partition coefficient (Wildman–Crippen LogP) is 3.23. The zero-order chi connectivity index (χ0) is 17.8. The van der Waals surface area contributed by atoms with E-state index in [-0.39, 0.29) is 23.7 Å². The number of phenolic OH excluding ortho intramolecular Hbond substituents is 2. The van der Waals surface area contributed by atoms with E-state index < -0.39 is 5.97 Å². The van der Waals surface area contributed by atoms with Gasteiger partial charge in [-0.2, -0.15) is 5.26 Å². The molecule has 0 fully saturated rings. The summed E-state index contributed by atoms with van der Waals surface area (Å²) >= 11 is 0. The Balaban J connectivity index is 1.72. The van der Waals surface area contributed by atoms with Crippen LogP contribution >= 0.6 is 0 Å². The van der Waals surface area contributed by atoms with Gasteiger partial charge in [-0.05, 0) is 41.3 Å². The molecular weight excluding hydrogens is 320 g/mol. The van der Waals surface area contributed by atoms with Crippen LogP contribution in [0.25, 0.3) is 17.0 Å². The standard InChI is InChI=1S/C19H14N2O4/c20-10-14(7-12-5-6-17(22)18(23)8-12)19(24)25-11-15-9-13-3-1-2-4-16(13)21-15/h1-9,21-23H,11H2. The Bertz CT molecular complexity index is 979. The number of H-pyrrole nitrogens is 1. The molecule has 0 amide bonds. The molecule has 2 aromatic carbocycles. The van der Waals surface area contributed by atoms with Gasteiger partial charge in [-0.1, -0.05) is 24.3 Å². The van der Waals surface area contributed by atoms with Crippen molar-refractivity contribution in [3.63, 3.8) is 0 Å². The van der Waals surface area contributed by atoms with Crippen LogP contribution < -0.4 is 0 Å². The summed E-state index contributed by atoms with van der Waals surface area (Å²) in [5.41, 5.74) is 1.84. The lowest BCUT2D eigenvalue weighted by atomic mass is 10.1. The van der Waals surface area contributed by atoms with Crippen LogP contribution in [0.3, 0.4) is 0 Å². The van der Waals surface area contributed by atoms with Crippen molar-refractivity contribution in [2.24, 2.45) is 0 Å². The number of nitriles is 1. The first-order valence-corrected chi connectivity index (χ1v) is 7.44. The van der Waals surface area contributed by atoms with Gasteiger partial charge in [0.1, 0.15) is 18.2 Å². The van der Waals surface area contributed by atoms with E-state index in [1.54, 1.807) is 6.07 Å². The number of phenols is 2. The van der Waals surface area contributed by atoms with Gasteiger partial charge in [-0.3, -0.25) is 0 Å². The number of nitrogens with one attached hydrogen (secondary N) is 1. The first kappa shape index (κ1) is 16.1. The average Bonchev–Trinajstić information content (AvgIpc) is 3.03. The number of fused-ring (bicyclic) bond motifs is 1. The van der Waals surface area contributed by atoms with Crippen molar-refractivity contribution in [1.29, 1.82) is 5.26 Å². The first-order valence-electron chi connectivity index (χ1n) is 7.44. The molecule has 0 atom stereocenters. The highest BCUT2D eigenvalue weighted by Crippen LogP contribution is 2.26. The largest absolute Gasteiger partial charge is 0.504 e. The second-order valence-corrected chi connectivity index (χ2v) is 5.38. The Morgan fingerprint density at radius 3 is 2.68 bits per heavy atom. The molecule has 0 saturated heterocycles. The number of rotatable bonds is 4. The Hall–Kier alpha value is -3.72. The van der Waals surface area contributed by atoms with Gasteiger partial charge in [-0.15, -0.1) is 0 Å². The van der Waals surface area contributed by atoms with E-state index in [1.807, 2.05) is 30.3 Å². The Morgan fingerprint density at radius 1 is 1.16 bits per heavy atom. The van der Waals surface area contributed by atoms with Crippen LogP contribution in [0.15, 0.2) is 54.1 Å². The molecule has 0 unspecified atom stereocenters. The van der Waals surface area contributed by atoms with Crippen LogP contribution in [0.1, 0.15) is 11.3 Å². The summed E-state index contributed by atoms with van der Waals surface area (Å²) in [7, 11) is 0. The number of carbonyl (C=O) groups excluding carboxylic acids is 1. The summed E-state index contributed by atoms with van der Waals surface area (Å²) in [6.07, 6.45) is 1.28. The van der Waals surface area contributed by atoms with Crippen LogP contribution in [-0.2, 0) is 16.1 Å². The van der Waals surface area contributed by atoms with Crippen LogP contribution in [0, 0.1) is 11.3 Å². The van der Waals surface area contributed by atoms with Gasteiger partial charge < -0.3 is 19.9 Å². The molecule has 6 heteroatoms. The number of benzene rings is 2. The van der Waals surface area contributed by atoms with Gasteiger partial charge in [0.05, 0.1) is 5.69 Å². The molecular formula is C19H14N2O4. The topological polar surface area (TPSA) is 106 Å². The van der Waals surface area contributed by atoms with E-state index in [9.17, 15) is 15.0 Å². The molecule has 25 heavy (non-hydrogen) atoms. The fraction of sp³-hybridized carbons (Fsp3) is 0.0526. The SMILES string of the molecule is N#CC(=Cc1ccc(O)c(O)c1)C(=O)OCc1cc2ccccc2[nH]1. The highest BCUT2D eigenvalue weighted by molar-refractivity contribution is 5.98. The molecule has 0 radical (unpaired) electrons. The maximum absolute atomic E-state index is 12.1. The van der Waals surface area contributed by atoms with Crippen molar-refractivity contribution in [1.82, 2.24) is 4.98 Å². The molecule has 0 aliphatic heterocycles. The number of aromatic hydroxyl groups is 2. The highest BCUT2D eigenvalue weighted by Gasteiger charge is 2.12. The monoisotopic (exact) mass is 334 g/mol. The van der Waals surface area contributed by atoms with E-state index in [1.165, 1.54) is 24.3 Å². The molecule has 1 aromatic heterocycles. The molecule has 124 valence electrons. The molecule has 3 aromatic rings. The average molecular weight is 334 g/mol. The van der Waals surface area contributed by atoms with Crippen LogP contribution in [0.4, 0.5) is 0 Å². The van der Waals surface area contributed by atoms with E-state index in [2.05, 4.69) is 4.98 Å². The summed E-state index contributed by atoms with van der Waals surface area (Å²) in [5, 5.41) is 28.9. The quantitative estimate of drug-likeness (QED) is 0.294. The van der Waals surface area contributed by atoms with Crippen molar-refractivity contribution >= 4 is 22.9 Å². The first-order chi connectivity index (χ1) is 12.1. The summed E-state index contributed by atoms with van der Waals surface area (Å²) in [4.78, 5) is 15.2. The van der Waals surface area contributed by atoms with Gasteiger partial charge in [0.2, 0.25) is 0 Å². The third-order valence-electron chi connectivity index (χ3n) is 3.60. The van der Waals surface area contributed by atoms with Gasteiger partial charge in [-0.25, -0.2) is 4.79 Å². The van der Waals surface area contributed by atoms with E-state index in [0.717, 1.165) is 10.9 Å². The van der Waals surface area contributed by atoms with Gasteiger partial charge in [0.15, 0.2) is 11.5 Å². The summed E-state index contributed by atoms with van der Waals surface area (Å²) in [6.45, 7) is 0.00730.